The molecule has 0 spiro atoms. The summed E-state index contributed by atoms with van der Waals surface area (Å²) in [5.74, 6) is -0.434. The molecule has 1 aromatic carbocycles. The molecule has 2 aromatic rings. The number of fused-ring (bicyclic) bond motifs is 1. The molecule has 0 bridgehead atoms. The van der Waals surface area contributed by atoms with Crippen LogP contribution >= 0.6 is 0 Å². The van der Waals surface area contributed by atoms with Crippen LogP contribution in [0.25, 0.3) is 10.9 Å². The van der Waals surface area contributed by atoms with Crippen molar-refractivity contribution in [3.05, 3.63) is 36.0 Å². The molecule has 4 rings (SSSR count). The van der Waals surface area contributed by atoms with E-state index in [1.807, 2.05) is 24.0 Å². The van der Waals surface area contributed by atoms with Crippen LogP contribution < -0.4 is 10.2 Å². The van der Waals surface area contributed by atoms with Crippen LogP contribution in [0.15, 0.2) is 30.5 Å². The molecule has 1 aromatic heterocycles. The molecule has 0 saturated carbocycles. The van der Waals surface area contributed by atoms with Crippen LogP contribution in [0.2, 0.25) is 0 Å². The van der Waals surface area contributed by atoms with E-state index < -0.39 is 35.9 Å². The second kappa shape index (κ2) is 9.66. The molecule has 1 N–H and O–H groups in total. The summed E-state index contributed by atoms with van der Waals surface area (Å²) in [4.78, 5) is 33.0. The number of halogens is 1. The molecule has 186 valence electrons. The smallest absolute Gasteiger partial charge is 0.410 e. The lowest BCUT2D eigenvalue weighted by Crippen LogP contribution is -2.55. The number of anilines is 1. The molecule has 2 saturated heterocycles. The zero-order valence-corrected chi connectivity index (χ0v) is 20.3. The fourth-order valence-electron chi connectivity index (χ4n) is 4.47. The van der Waals surface area contributed by atoms with Crippen molar-refractivity contribution in [2.75, 3.05) is 31.1 Å². The van der Waals surface area contributed by atoms with Gasteiger partial charge in [0.1, 0.15) is 17.8 Å². The number of pyridine rings is 1. The van der Waals surface area contributed by atoms with Crippen LogP contribution in [-0.4, -0.2) is 78.1 Å². The van der Waals surface area contributed by atoms with Crippen LogP contribution in [0, 0.1) is 11.3 Å². The highest BCUT2D eigenvalue weighted by Gasteiger charge is 2.40. The number of ether oxygens (including phenoxy) is 2. The van der Waals surface area contributed by atoms with Gasteiger partial charge >= 0.3 is 6.09 Å². The number of morpholine rings is 1. The number of nitrogens with zero attached hydrogens (tertiary/aromatic N) is 4. The minimum atomic E-state index is -1.41. The third-order valence-electron chi connectivity index (χ3n) is 5.99. The van der Waals surface area contributed by atoms with E-state index in [2.05, 4.69) is 16.4 Å². The first kappa shape index (κ1) is 24.7. The van der Waals surface area contributed by atoms with Gasteiger partial charge in [-0.3, -0.25) is 9.78 Å². The van der Waals surface area contributed by atoms with E-state index in [9.17, 15) is 19.2 Å². The number of amides is 2. The van der Waals surface area contributed by atoms with Crippen LogP contribution in [0.1, 0.15) is 33.3 Å². The zero-order chi connectivity index (χ0) is 25.3. The molecule has 0 radical (unpaired) electrons. The number of alkyl halides is 1. The Balaban J connectivity index is 1.46. The standard InChI is InChI=1S/C25H30FN5O4/c1-15-11-30(20-8-7-16(10-27)22-17(20)6-5-9-28-22)14-21(34-15)23(32)29-19-13-31(12-18(19)26)24(33)35-25(2,3)4/h5-9,15,18-19,21H,11-14H2,1-4H3,(H,29,32)/t15?,18-,19+,21-/m1/s1. The maximum Gasteiger partial charge on any atom is 0.410 e. The van der Waals surface area contributed by atoms with Crippen molar-refractivity contribution in [3.63, 3.8) is 0 Å². The van der Waals surface area contributed by atoms with E-state index in [1.54, 1.807) is 39.1 Å². The first-order valence-electron chi connectivity index (χ1n) is 11.7. The molecule has 4 atom stereocenters. The number of aromatic nitrogens is 1. The maximum absolute atomic E-state index is 14.7. The summed E-state index contributed by atoms with van der Waals surface area (Å²) in [5.41, 5.74) is 1.23. The first-order valence-corrected chi connectivity index (χ1v) is 11.7. The van der Waals surface area contributed by atoms with E-state index >= 15 is 0 Å². The van der Waals surface area contributed by atoms with E-state index in [-0.39, 0.29) is 25.7 Å². The quantitative estimate of drug-likeness (QED) is 0.715. The molecular formula is C25H30FN5O4. The molecule has 35 heavy (non-hydrogen) atoms. The number of nitriles is 1. The van der Waals surface area contributed by atoms with Crippen molar-refractivity contribution in [1.82, 2.24) is 15.2 Å². The van der Waals surface area contributed by atoms with Gasteiger partial charge in [0, 0.05) is 30.4 Å². The summed E-state index contributed by atoms with van der Waals surface area (Å²) < 4.78 is 25.9. The van der Waals surface area contributed by atoms with Gasteiger partial charge in [0.25, 0.3) is 5.91 Å². The normalized spacial score (nSPS) is 24.8. The number of benzene rings is 1. The Morgan fingerprint density at radius 1 is 1.23 bits per heavy atom. The highest BCUT2D eigenvalue weighted by molar-refractivity contribution is 5.95. The molecule has 2 fully saturated rings. The Hall–Kier alpha value is -3.45. The third-order valence-corrected chi connectivity index (χ3v) is 5.99. The molecule has 2 aliphatic rings. The van der Waals surface area contributed by atoms with E-state index in [4.69, 9.17) is 9.47 Å². The summed E-state index contributed by atoms with van der Waals surface area (Å²) in [6.07, 6.45) is -1.46. The van der Waals surface area contributed by atoms with Crippen LogP contribution in [0.5, 0.6) is 0 Å². The molecule has 10 heteroatoms. The van der Waals surface area contributed by atoms with Gasteiger partial charge in [0.15, 0.2) is 6.10 Å². The lowest BCUT2D eigenvalue weighted by Gasteiger charge is -2.38. The van der Waals surface area contributed by atoms with E-state index in [0.717, 1.165) is 11.1 Å². The van der Waals surface area contributed by atoms with Crippen molar-refractivity contribution < 1.29 is 23.5 Å². The van der Waals surface area contributed by atoms with Crippen molar-refractivity contribution in [2.24, 2.45) is 0 Å². The van der Waals surface area contributed by atoms with Gasteiger partial charge in [-0.05, 0) is 52.0 Å². The van der Waals surface area contributed by atoms with Crippen molar-refractivity contribution in [2.45, 2.75) is 57.7 Å². The Bertz CT molecular complexity index is 1160. The number of nitrogens with one attached hydrogen (secondary N) is 1. The number of likely N-dealkylation sites (tertiary alicyclic amines) is 1. The number of carbonyl (C=O) groups is 2. The Labute approximate surface area is 203 Å². The van der Waals surface area contributed by atoms with Gasteiger partial charge < -0.3 is 24.6 Å². The molecule has 2 aliphatic heterocycles. The van der Waals surface area contributed by atoms with Crippen LogP contribution in [-0.2, 0) is 14.3 Å². The fourth-order valence-corrected chi connectivity index (χ4v) is 4.47. The molecule has 1 unspecified atom stereocenters. The van der Waals surface area contributed by atoms with Gasteiger partial charge in [0.05, 0.1) is 36.3 Å². The predicted octanol–water partition coefficient (Wildman–Crippen LogP) is 2.77. The van der Waals surface area contributed by atoms with Gasteiger partial charge in [-0.2, -0.15) is 5.26 Å². The van der Waals surface area contributed by atoms with Gasteiger partial charge in [0.2, 0.25) is 0 Å². The second-order valence-corrected chi connectivity index (χ2v) is 10.0. The number of rotatable bonds is 3. The highest BCUT2D eigenvalue weighted by Crippen LogP contribution is 2.30. The lowest BCUT2D eigenvalue weighted by atomic mass is 10.1. The number of carbonyl (C=O) groups excluding carboxylic acids is 2. The second-order valence-electron chi connectivity index (χ2n) is 10.0. The number of hydrogen-bond donors (Lipinski definition) is 1. The molecule has 3 heterocycles. The SMILES string of the molecule is CC1CN(c2ccc(C#N)c3ncccc23)C[C@H](C(=O)N[C@H]2CN(C(=O)OC(C)(C)C)C[C@H]2F)O1. The Kier molecular flexibility index (Phi) is 6.81. The fraction of sp³-hybridized carbons (Fsp3) is 0.520. The Morgan fingerprint density at radius 3 is 2.71 bits per heavy atom. The summed E-state index contributed by atoms with van der Waals surface area (Å²) in [6.45, 7) is 7.79. The van der Waals surface area contributed by atoms with Crippen molar-refractivity contribution in [1.29, 1.82) is 5.26 Å². The van der Waals surface area contributed by atoms with Crippen LogP contribution in [0.3, 0.4) is 0 Å². The monoisotopic (exact) mass is 483 g/mol. The topological polar surface area (TPSA) is 108 Å². The predicted molar refractivity (Wildman–Crippen MR) is 128 cm³/mol. The van der Waals surface area contributed by atoms with E-state index in [0.29, 0.717) is 17.6 Å². The van der Waals surface area contributed by atoms with Crippen molar-refractivity contribution >= 4 is 28.6 Å². The highest BCUT2D eigenvalue weighted by atomic mass is 19.1. The summed E-state index contributed by atoms with van der Waals surface area (Å²) in [5, 5.41) is 13.0. The maximum atomic E-state index is 14.7. The van der Waals surface area contributed by atoms with Gasteiger partial charge in [-0.15, -0.1) is 0 Å². The first-order chi connectivity index (χ1) is 16.6. The molecule has 9 nitrogen and oxygen atoms in total. The van der Waals surface area contributed by atoms with Gasteiger partial charge in [-0.25, -0.2) is 9.18 Å². The summed E-state index contributed by atoms with van der Waals surface area (Å²) in [7, 11) is 0. The molecule has 0 aliphatic carbocycles. The number of hydrogen-bond acceptors (Lipinski definition) is 7. The zero-order valence-electron chi connectivity index (χ0n) is 20.3. The largest absolute Gasteiger partial charge is 0.444 e. The lowest BCUT2D eigenvalue weighted by molar-refractivity contribution is -0.138. The summed E-state index contributed by atoms with van der Waals surface area (Å²) in [6, 6.07) is 8.59. The average Bonchev–Trinajstić information content (AvgIpc) is 3.17. The minimum absolute atomic E-state index is 0.0275. The average molecular weight is 484 g/mol. The Morgan fingerprint density at radius 2 is 2.00 bits per heavy atom. The van der Waals surface area contributed by atoms with Crippen molar-refractivity contribution in [3.8, 4) is 6.07 Å². The van der Waals surface area contributed by atoms with Gasteiger partial charge in [-0.1, -0.05) is 0 Å². The van der Waals surface area contributed by atoms with Crippen LogP contribution in [0.4, 0.5) is 14.9 Å². The third kappa shape index (κ3) is 5.46. The molecular weight excluding hydrogens is 453 g/mol. The summed E-state index contributed by atoms with van der Waals surface area (Å²) >= 11 is 0. The molecule has 2 amide bonds. The minimum Gasteiger partial charge on any atom is -0.444 e. The van der Waals surface area contributed by atoms with E-state index in [1.165, 1.54) is 4.90 Å².